The molecule has 1 aliphatic heterocycles. The first-order valence-corrected chi connectivity index (χ1v) is 7.98. The van der Waals surface area contributed by atoms with Crippen molar-refractivity contribution < 1.29 is 24.3 Å². The maximum absolute atomic E-state index is 12.8. The van der Waals surface area contributed by atoms with E-state index < -0.39 is 17.8 Å². The highest BCUT2D eigenvalue weighted by Gasteiger charge is 2.31. The number of carboxylic acid groups (broad SMARTS) is 1. The zero-order valence-electron chi connectivity index (χ0n) is 14.6. The molecule has 1 heterocycles. The topological polar surface area (TPSA) is 169 Å². The number of nitrogens with one attached hydrogen (secondary N) is 3. The van der Waals surface area contributed by atoms with E-state index in [9.17, 15) is 19.2 Å². The molecule has 0 bridgehead atoms. The van der Waals surface area contributed by atoms with E-state index in [1.807, 2.05) is 0 Å². The van der Waals surface area contributed by atoms with Gasteiger partial charge in [-0.15, -0.1) is 0 Å². The lowest BCUT2D eigenvalue weighted by Gasteiger charge is -2.19. The highest BCUT2D eigenvalue weighted by molar-refractivity contribution is 6.11. The van der Waals surface area contributed by atoms with Gasteiger partial charge in [0.25, 0.3) is 5.91 Å². The molecule has 0 saturated carbocycles. The van der Waals surface area contributed by atoms with Crippen molar-refractivity contribution in [2.45, 2.75) is 6.42 Å². The van der Waals surface area contributed by atoms with E-state index in [1.54, 1.807) is 12.1 Å². The number of aliphatic carboxylic acids is 1. The van der Waals surface area contributed by atoms with Gasteiger partial charge in [-0.25, -0.2) is 0 Å². The maximum Gasteiger partial charge on any atom is 0.305 e. The van der Waals surface area contributed by atoms with E-state index in [2.05, 4.69) is 10.6 Å². The number of benzene rings is 1. The number of likely N-dealkylation sites (N-methyl/N-ethyl adjacent to an activating group) is 1. The Labute approximate surface area is 154 Å². The number of nitrogens with two attached hydrogens (primary N) is 1. The van der Waals surface area contributed by atoms with Crippen molar-refractivity contribution in [3.05, 3.63) is 23.8 Å². The van der Waals surface area contributed by atoms with Crippen LogP contribution in [0, 0.1) is 5.41 Å². The van der Waals surface area contributed by atoms with Crippen molar-refractivity contribution in [3.63, 3.8) is 0 Å². The van der Waals surface area contributed by atoms with Crippen LogP contribution in [0.3, 0.4) is 0 Å². The number of carbonyl (C=O) groups excluding carboxylic acids is 3. The van der Waals surface area contributed by atoms with Gasteiger partial charge in [0, 0.05) is 19.3 Å². The molecule has 27 heavy (non-hydrogen) atoms. The average molecular weight is 376 g/mol. The summed E-state index contributed by atoms with van der Waals surface area (Å²) in [6.45, 7) is -0.763. The highest BCUT2D eigenvalue weighted by Crippen LogP contribution is 2.27. The van der Waals surface area contributed by atoms with Gasteiger partial charge in [-0.2, -0.15) is 0 Å². The molecule has 0 aromatic heterocycles. The van der Waals surface area contributed by atoms with Crippen LogP contribution in [-0.2, 0) is 14.4 Å². The second-order valence-corrected chi connectivity index (χ2v) is 5.88. The van der Waals surface area contributed by atoms with Gasteiger partial charge in [-0.05, 0) is 18.2 Å². The molecule has 0 atom stereocenters. The van der Waals surface area contributed by atoms with Gasteiger partial charge < -0.3 is 31.3 Å². The van der Waals surface area contributed by atoms with Gasteiger partial charge in [0.2, 0.25) is 11.8 Å². The Morgan fingerprint density at radius 1 is 1.33 bits per heavy atom. The molecule has 144 valence electrons. The fraction of sp³-hybridized carbons (Fsp3) is 0.312. The molecule has 6 N–H and O–H groups in total. The Morgan fingerprint density at radius 2 is 2.04 bits per heavy atom. The van der Waals surface area contributed by atoms with Crippen molar-refractivity contribution in [1.82, 2.24) is 10.2 Å². The summed E-state index contributed by atoms with van der Waals surface area (Å²) in [6.07, 6.45) is -0.246. The number of fused-ring (bicyclic) bond motifs is 1. The van der Waals surface area contributed by atoms with Gasteiger partial charge >= 0.3 is 5.97 Å². The standard InChI is InChI=1S/C16H20N6O5/c1-21-11-3-2-9(20-16(17)18)6-10(11)15(27)22(8-13(21)24)7-12(23)19-5-4-14(25)26/h2-3,6H,4-5,7-8H2,1H3,(H,19,23)(H,25,26)(H4,17,18,20). The summed E-state index contributed by atoms with van der Waals surface area (Å²) in [5.74, 6) is -2.86. The van der Waals surface area contributed by atoms with Crippen molar-refractivity contribution in [2.75, 3.05) is 36.9 Å². The first-order chi connectivity index (χ1) is 12.7. The summed E-state index contributed by atoms with van der Waals surface area (Å²) in [4.78, 5) is 50.1. The van der Waals surface area contributed by atoms with Gasteiger partial charge in [-0.1, -0.05) is 0 Å². The lowest BCUT2D eigenvalue weighted by molar-refractivity contribution is -0.137. The van der Waals surface area contributed by atoms with Crippen LogP contribution in [0.1, 0.15) is 16.8 Å². The Bertz CT molecular complexity index is 808. The van der Waals surface area contributed by atoms with Crippen LogP contribution in [0.2, 0.25) is 0 Å². The molecular weight excluding hydrogens is 356 g/mol. The summed E-state index contributed by atoms with van der Waals surface area (Å²) in [5.41, 5.74) is 6.23. The average Bonchev–Trinajstić information content (AvgIpc) is 2.65. The van der Waals surface area contributed by atoms with Crippen molar-refractivity contribution in [1.29, 1.82) is 5.41 Å². The SMILES string of the molecule is CN1C(=O)CN(CC(=O)NCCC(=O)O)C(=O)c2cc(NC(=N)N)ccc21. The second kappa shape index (κ2) is 8.17. The second-order valence-electron chi connectivity index (χ2n) is 5.88. The summed E-state index contributed by atoms with van der Waals surface area (Å²) in [7, 11) is 1.52. The van der Waals surface area contributed by atoms with Crippen molar-refractivity contribution in [2.24, 2.45) is 5.73 Å². The minimum atomic E-state index is -1.06. The lowest BCUT2D eigenvalue weighted by Crippen LogP contribution is -2.44. The van der Waals surface area contributed by atoms with Crippen molar-refractivity contribution in [3.8, 4) is 0 Å². The molecule has 0 fully saturated rings. The molecule has 11 heteroatoms. The Morgan fingerprint density at radius 3 is 2.67 bits per heavy atom. The number of nitrogens with zero attached hydrogens (tertiary/aromatic N) is 2. The van der Waals surface area contributed by atoms with Crippen LogP contribution in [0.4, 0.5) is 11.4 Å². The predicted molar refractivity (Wildman–Crippen MR) is 96.6 cm³/mol. The summed E-state index contributed by atoms with van der Waals surface area (Å²) in [6, 6.07) is 4.57. The van der Waals surface area contributed by atoms with E-state index in [1.165, 1.54) is 18.0 Å². The minimum Gasteiger partial charge on any atom is -0.481 e. The molecule has 0 radical (unpaired) electrons. The lowest BCUT2D eigenvalue weighted by atomic mass is 10.1. The van der Waals surface area contributed by atoms with E-state index in [0.717, 1.165) is 4.90 Å². The summed E-state index contributed by atoms with van der Waals surface area (Å²) >= 11 is 0. The Kier molecular flexibility index (Phi) is 5.96. The number of carboxylic acids is 1. The summed E-state index contributed by atoms with van der Waals surface area (Å²) < 4.78 is 0. The molecule has 0 aliphatic carbocycles. The quantitative estimate of drug-likeness (QED) is 0.313. The number of anilines is 2. The number of carbonyl (C=O) groups is 4. The van der Waals surface area contributed by atoms with E-state index >= 15 is 0 Å². The van der Waals surface area contributed by atoms with Gasteiger partial charge in [-0.3, -0.25) is 24.6 Å². The fourth-order valence-electron chi connectivity index (χ4n) is 2.54. The molecular formula is C16H20N6O5. The van der Waals surface area contributed by atoms with Gasteiger partial charge in [0.05, 0.1) is 17.7 Å². The molecule has 11 nitrogen and oxygen atoms in total. The molecule has 3 amide bonds. The van der Waals surface area contributed by atoms with Crippen LogP contribution in [0.25, 0.3) is 0 Å². The smallest absolute Gasteiger partial charge is 0.305 e. The number of rotatable bonds is 6. The third kappa shape index (κ3) is 4.93. The van der Waals surface area contributed by atoms with Gasteiger partial charge in [0.1, 0.15) is 13.1 Å². The molecule has 2 rings (SSSR count). The normalized spacial score (nSPS) is 13.7. The third-order valence-corrected chi connectivity index (χ3v) is 3.85. The zero-order valence-corrected chi connectivity index (χ0v) is 14.6. The maximum atomic E-state index is 12.8. The van der Waals surface area contributed by atoms with Gasteiger partial charge in [0.15, 0.2) is 5.96 Å². The predicted octanol–water partition coefficient (Wildman–Crippen LogP) is -0.999. The Balaban J connectivity index is 2.23. The first-order valence-electron chi connectivity index (χ1n) is 7.98. The van der Waals surface area contributed by atoms with E-state index in [0.29, 0.717) is 11.4 Å². The van der Waals surface area contributed by atoms with Crippen LogP contribution in [0.5, 0.6) is 0 Å². The van der Waals surface area contributed by atoms with Crippen molar-refractivity contribution >= 4 is 41.0 Å². The molecule has 1 aromatic rings. The molecule has 1 aliphatic rings. The molecule has 0 spiro atoms. The van der Waals surface area contributed by atoms with E-state index in [-0.39, 0.29) is 43.5 Å². The fourth-order valence-corrected chi connectivity index (χ4v) is 2.54. The highest BCUT2D eigenvalue weighted by atomic mass is 16.4. The number of hydrogen-bond acceptors (Lipinski definition) is 5. The van der Waals surface area contributed by atoms with Crippen LogP contribution >= 0.6 is 0 Å². The number of amides is 3. The Hall–Kier alpha value is -3.63. The largest absolute Gasteiger partial charge is 0.481 e. The third-order valence-electron chi connectivity index (χ3n) is 3.85. The monoisotopic (exact) mass is 376 g/mol. The van der Waals surface area contributed by atoms with Crippen LogP contribution < -0.4 is 21.3 Å². The first kappa shape index (κ1) is 19.7. The molecule has 1 aromatic carbocycles. The van der Waals surface area contributed by atoms with E-state index in [4.69, 9.17) is 16.2 Å². The zero-order chi connectivity index (χ0) is 20.1. The number of guanidine groups is 1. The van der Waals surface area contributed by atoms with Crippen LogP contribution in [0.15, 0.2) is 18.2 Å². The summed E-state index contributed by atoms with van der Waals surface area (Å²) in [5, 5.41) is 20.8. The molecule has 0 unspecified atom stereocenters. The molecule has 0 saturated heterocycles. The number of hydrogen-bond donors (Lipinski definition) is 5. The van der Waals surface area contributed by atoms with Crippen LogP contribution in [-0.4, -0.2) is 66.3 Å². The minimum absolute atomic E-state index is 0.0761.